The van der Waals surface area contributed by atoms with Crippen molar-refractivity contribution in [1.29, 1.82) is 0 Å². The van der Waals surface area contributed by atoms with Crippen molar-refractivity contribution in [3.8, 4) is 0 Å². The van der Waals surface area contributed by atoms with E-state index >= 15 is 0 Å². The number of hydrogen-bond acceptors (Lipinski definition) is 4. The summed E-state index contributed by atoms with van der Waals surface area (Å²) in [5, 5.41) is 0. The third kappa shape index (κ3) is 2.57. The first kappa shape index (κ1) is 8.52. The second kappa shape index (κ2) is 3.71. The van der Waals surface area contributed by atoms with E-state index in [2.05, 4.69) is 16.1 Å². The molecule has 4 heteroatoms. The Hall–Kier alpha value is -1.58. The Balaban J connectivity index is 2.65. The van der Waals surface area contributed by atoms with Crippen LogP contribution in [0.1, 0.15) is 0 Å². The van der Waals surface area contributed by atoms with Crippen LogP contribution in [0, 0.1) is 0 Å². The summed E-state index contributed by atoms with van der Waals surface area (Å²) < 4.78 is 9.33. The van der Waals surface area contributed by atoms with E-state index in [1.165, 1.54) is 0 Å². The molecule has 0 atom stereocenters. The maximum Gasteiger partial charge on any atom is 0.331 e. The minimum atomic E-state index is -0.560. The molecule has 64 valence electrons. The molecule has 12 heavy (non-hydrogen) atoms. The Morgan fingerprint density at radius 2 is 1.50 bits per heavy atom. The lowest BCUT2D eigenvalue weighted by Crippen LogP contribution is -2.07. The van der Waals surface area contributed by atoms with Gasteiger partial charge in [0.1, 0.15) is 13.2 Å². The molecule has 0 saturated carbocycles. The SMILES string of the molecule is C=C1COC(=O)/C=C\C(=O)OC1. The van der Waals surface area contributed by atoms with Crippen LogP contribution >= 0.6 is 0 Å². The predicted molar refractivity (Wildman–Crippen MR) is 40.2 cm³/mol. The van der Waals surface area contributed by atoms with Crippen LogP contribution in [-0.4, -0.2) is 25.2 Å². The summed E-state index contributed by atoms with van der Waals surface area (Å²) in [6.07, 6.45) is 2.06. The smallest absolute Gasteiger partial charge is 0.331 e. The zero-order chi connectivity index (χ0) is 8.97. The minimum absolute atomic E-state index is 0.0937. The van der Waals surface area contributed by atoms with E-state index in [1.807, 2.05) is 0 Å². The molecule has 4 nitrogen and oxygen atoms in total. The maximum absolute atomic E-state index is 10.7. The number of cyclic esters (lactones) is 2. The van der Waals surface area contributed by atoms with E-state index in [1.54, 1.807) is 0 Å². The van der Waals surface area contributed by atoms with Crippen LogP contribution in [0.25, 0.3) is 0 Å². The molecule has 0 radical (unpaired) electrons. The van der Waals surface area contributed by atoms with Crippen LogP contribution in [0.5, 0.6) is 0 Å². The second-order valence-corrected chi connectivity index (χ2v) is 2.30. The molecule has 0 unspecified atom stereocenters. The predicted octanol–water partition coefficient (Wildman–Crippen LogP) is 0.199. The van der Waals surface area contributed by atoms with E-state index < -0.39 is 11.9 Å². The van der Waals surface area contributed by atoms with Gasteiger partial charge in [-0.3, -0.25) is 0 Å². The number of ether oxygens (including phenoxy) is 2. The van der Waals surface area contributed by atoms with E-state index in [-0.39, 0.29) is 13.2 Å². The Morgan fingerprint density at radius 1 is 1.08 bits per heavy atom. The lowest BCUT2D eigenvalue weighted by atomic mass is 10.3. The summed E-state index contributed by atoms with van der Waals surface area (Å²) >= 11 is 0. The monoisotopic (exact) mass is 168 g/mol. The molecule has 0 amide bonds. The maximum atomic E-state index is 10.7. The second-order valence-electron chi connectivity index (χ2n) is 2.30. The standard InChI is InChI=1S/C8H8O4/c1-6-4-11-7(9)2-3-8(10)12-5-6/h2-3H,1,4-5H2/b3-2-. The van der Waals surface area contributed by atoms with Gasteiger partial charge in [-0.1, -0.05) is 6.58 Å². The molecule has 0 aliphatic carbocycles. The highest BCUT2D eigenvalue weighted by atomic mass is 16.5. The van der Waals surface area contributed by atoms with Crippen LogP contribution in [0.3, 0.4) is 0 Å². The van der Waals surface area contributed by atoms with Gasteiger partial charge >= 0.3 is 11.9 Å². The fourth-order valence-corrected chi connectivity index (χ4v) is 0.620. The quantitative estimate of drug-likeness (QED) is 0.383. The average molecular weight is 168 g/mol. The van der Waals surface area contributed by atoms with Crippen molar-refractivity contribution in [2.75, 3.05) is 13.2 Å². The first-order valence-electron chi connectivity index (χ1n) is 3.37. The summed E-state index contributed by atoms with van der Waals surface area (Å²) in [4.78, 5) is 21.4. The van der Waals surface area contributed by atoms with Gasteiger partial charge in [0.25, 0.3) is 0 Å². The topological polar surface area (TPSA) is 52.6 Å². The molecular weight excluding hydrogens is 160 g/mol. The number of hydrogen-bond donors (Lipinski definition) is 0. The third-order valence-corrected chi connectivity index (χ3v) is 1.19. The van der Waals surface area contributed by atoms with Crippen LogP contribution in [0.15, 0.2) is 24.3 Å². The van der Waals surface area contributed by atoms with Gasteiger partial charge in [-0.15, -0.1) is 0 Å². The van der Waals surface area contributed by atoms with E-state index in [4.69, 9.17) is 0 Å². The summed E-state index contributed by atoms with van der Waals surface area (Å²) in [7, 11) is 0. The Morgan fingerprint density at radius 3 is 1.92 bits per heavy atom. The number of esters is 2. The number of carbonyl (C=O) groups excluding carboxylic acids is 2. The molecule has 1 rings (SSSR count). The molecule has 1 aliphatic rings. The van der Waals surface area contributed by atoms with Crippen molar-refractivity contribution >= 4 is 11.9 Å². The molecule has 0 aromatic rings. The fourth-order valence-electron chi connectivity index (χ4n) is 0.620. The van der Waals surface area contributed by atoms with Crippen molar-refractivity contribution in [3.05, 3.63) is 24.3 Å². The minimum Gasteiger partial charge on any atom is -0.458 e. The molecule has 0 N–H and O–H groups in total. The molecule has 1 aliphatic heterocycles. The van der Waals surface area contributed by atoms with Gasteiger partial charge in [-0.2, -0.15) is 0 Å². The largest absolute Gasteiger partial charge is 0.458 e. The van der Waals surface area contributed by atoms with Crippen LogP contribution < -0.4 is 0 Å². The number of carbonyl (C=O) groups is 2. The van der Waals surface area contributed by atoms with Gasteiger partial charge in [-0.25, -0.2) is 9.59 Å². The zero-order valence-electron chi connectivity index (χ0n) is 6.41. The van der Waals surface area contributed by atoms with Crippen molar-refractivity contribution < 1.29 is 19.1 Å². The van der Waals surface area contributed by atoms with E-state index in [9.17, 15) is 9.59 Å². The molecule has 0 aromatic heterocycles. The third-order valence-electron chi connectivity index (χ3n) is 1.19. The average Bonchev–Trinajstić information content (AvgIpc) is 2.11. The Kier molecular flexibility index (Phi) is 2.63. The van der Waals surface area contributed by atoms with Crippen molar-refractivity contribution in [3.63, 3.8) is 0 Å². The first-order valence-corrected chi connectivity index (χ1v) is 3.37. The van der Waals surface area contributed by atoms with E-state index in [0.717, 1.165) is 12.2 Å². The summed E-state index contributed by atoms with van der Waals surface area (Å²) in [6, 6.07) is 0. The number of rotatable bonds is 0. The van der Waals surface area contributed by atoms with Crippen molar-refractivity contribution in [2.45, 2.75) is 0 Å². The van der Waals surface area contributed by atoms with Gasteiger partial charge in [0.15, 0.2) is 0 Å². The van der Waals surface area contributed by atoms with Gasteiger partial charge in [-0.05, 0) is 5.57 Å². The van der Waals surface area contributed by atoms with Gasteiger partial charge in [0.05, 0.1) is 0 Å². The lowest BCUT2D eigenvalue weighted by molar-refractivity contribution is -0.137. The van der Waals surface area contributed by atoms with Gasteiger partial charge in [0, 0.05) is 12.2 Å². The van der Waals surface area contributed by atoms with Crippen LogP contribution in [0.4, 0.5) is 0 Å². The molecular formula is C8H8O4. The van der Waals surface area contributed by atoms with Crippen LogP contribution in [-0.2, 0) is 19.1 Å². The summed E-state index contributed by atoms with van der Waals surface area (Å²) in [6.45, 7) is 3.73. The molecule has 1 heterocycles. The van der Waals surface area contributed by atoms with Gasteiger partial charge in [0.2, 0.25) is 0 Å². The van der Waals surface area contributed by atoms with E-state index in [0.29, 0.717) is 5.57 Å². The first-order chi connectivity index (χ1) is 5.68. The fraction of sp³-hybridized carbons (Fsp3) is 0.250. The molecule has 0 bridgehead atoms. The Labute approximate surface area is 69.5 Å². The van der Waals surface area contributed by atoms with Crippen molar-refractivity contribution in [1.82, 2.24) is 0 Å². The highest BCUT2D eigenvalue weighted by Crippen LogP contribution is 1.98. The highest BCUT2D eigenvalue weighted by Gasteiger charge is 2.06. The van der Waals surface area contributed by atoms with Crippen LogP contribution in [0.2, 0.25) is 0 Å². The van der Waals surface area contributed by atoms with Crippen molar-refractivity contribution in [2.24, 2.45) is 0 Å². The zero-order valence-corrected chi connectivity index (χ0v) is 6.41. The molecule has 0 fully saturated rings. The summed E-state index contributed by atoms with van der Waals surface area (Å²) in [5.41, 5.74) is 0.556. The normalized spacial score (nSPS) is 21.5. The molecule has 0 spiro atoms. The molecule has 0 aromatic carbocycles. The van der Waals surface area contributed by atoms with Gasteiger partial charge < -0.3 is 9.47 Å². The highest BCUT2D eigenvalue weighted by molar-refractivity contribution is 5.91. The lowest BCUT2D eigenvalue weighted by Gasteiger charge is -2.03. The summed E-state index contributed by atoms with van der Waals surface area (Å²) in [5.74, 6) is -1.12. The molecule has 0 saturated heterocycles. The Bertz CT molecular complexity index is 228.